The molecule has 20 heavy (non-hydrogen) atoms. The summed E-state index contributed by atoms with van der Waals surface area (Å²) in [7, 11) is 0. The largest absolute Gasteiger partial charge is 0.345 e. The van der Waals surface area contributed by atoms with Crippen LogP contribution in [0.5, 0.6) is 0 Å². The van der Waals surface area contributed by atoms with Crippen molar-refractivity contribution < 1.29 is 4.79 Å². The van der Waals surface area contributed by atoms with E-state index in [4.69, 9.17) is 6.42 Å². The summed E-state index contributed by atoms with van der Waals surface area (Å²) in [5.41, 5.74) is 1.51. The van der Waals surface area contributed by atoms with Crippen molar-refractivity contribution in [2.24, 2.45) is 5.92 Å². The molecule has 0 unspecified atom stereocenters. The maximum atomic E-state index is 11.4. The molecular formula is C17H16N2O. The van der Waals surface area contributed by atoms with Gasteiger partial charge in [0, 0.05) is 11.9 Å². The van der Waals surface area contributed by atoms with Crippen molar-refractivity contribution >= 4 is 23.0 Å². The zero-order valence-corrected chi connectivity index (χ0v) is 11.2. The molecule has 1 saturated carbocycles. The van der Waals surface area contributed by atoms with Crippen molar-refractivity contribution in [3.63, 3.8) is 0 Å². The maximum Gasteiger partial charge on any atom is 0.153 e. The molecule has 1 aromatic heterocycles. The summed E-state index contributed by atoms with van der Waals surface area (Å²) in [6.45, 7) is 1.37. The number of carbonyl (C=O) groups is 1. The van der Waals surface area contributed by atoms with E-state index in [0.29, 0.717) is 23.8 Å². The van der Waals surface area contributed by atoms with Crippen LogP contribution in [0.4, 0.5) is 5.82 Å². The lowest BCUT2D eigenvalue weighted by molar-refractivity contribution is 0.112. The van der Waals surface area contributed by atoms with Crippen molar-refractivity contribution in [2.45, 2.75) is 12.8 Å². The number of rotatable bonds is 5. The van der Waals surface area contributed by atoms with E-state index in [2.05, 4.69) is 10.9 Å². The van der Waals surface area contributed by atoms with E-state index in [0.717, 1.165) is 23.7 Å². The normalized spacial score (nSPS) is 13.9. The van der Waals surface area contributed by atoms with Crippen LogP contribution < -0.4 is 4.90 Å². The van der Waals surface area contributed by atoms with Gasteiger partial charge in [-0.2, -0.15) is 0 Å². The fourth-order valence-electron chi connectivity index (χ4n) is 2.41. The third kappa shape index (κ3) is 2.50. The Hall–Kier alpha value is -2.34. The Morgan fingerprint density at radius 2 is 2.20 bits per heavy atom. The highest BCUT2D eigenvalue weighted by atomic mass is 16.1. The van der Waals surface area contributed by atoms with Crippen molar-refractivity contribution in [2.75, 3.05) is 18.0 Å². The monoisotopic (exact) mass is 264 g/mol. The molecular weight excluding hydrogens is 248 g/mol. The Morgan fingerprint density at radius 1 is 1.40 bits per heavy atom. The molecule has 0 spiro atoms. The Labute approximate surface area is 118 Å². The number of terminal acetylenes is 1. The first kappa shape index (κ1) is 12.7. The average Bonchev–Trinajstić information content (AvgIpc) is 3.29. The van der Waals surface area contributed by atoms with Crippen molar-refractivity contribution in [1.29, 1.82) is 0 Å². The van der Waals surface area contributed by atoms with Crippen molar-refractivity contribution in [3.05, 3.63) is 35.9 Å². The van der Waals surface area contributed by atoms with Gasteiger partial charge in [0.1, 0.15) is 5.82 Å². The van der Waals surface area contributed by atoms with Gasteiger partial charge in [-0.25, -0.2) is 4.98 Å². The minimum Gasteiger partial charge on any atom is -0.345 e. The number of hydrogen-bond donors (Lipinski definition) is 0. The minimum absolute atomic E-state index is 0.489. The van der Waals surface area contributed by atoms with Gasteiger partial charge in [-0.1, -0.05) is 24.1 Å². The topological polar surface area (TPSA) is 33.2 Å². The van der Waals surface area contributed by atoms with E-state index >= 15 is 0 Å². The molecule has 1 fully saturated rings. The molecule has 0 bridgehead atoms. The van der Waals surface area contributed by atoms with E-state index in [1.165, 1.54) is 12.8 Å². The van der Waals surface area contributed by atoms with Crippen LogP contribution in [-0.4, -0.2) is 24.4 Å². The van der Waals surface area contributed by atoms with Gasteiger partial charge in [0.15, 0.2) is 6.29 Å². The van der Waals surface area contributed by atoms with Crippen LogP contribution in [0, 0.1) is 18.3 Å². The number of aldehydes is 1. The van der Waals surface area contributed by atoms with Gasteiger partial charge in [0.2, 0.25) is 0 Å². The van der Waals surface area contributed by atoms with Crippen LogP contribution in [0.15, 0.2) is 30.3 Å². The highest BCUT2D eigenvalue weighted by Gasteiger charge is 2.25. The lowest BCUT2D eigenvalue weighted by Crippen LogP contribution is -2.28. The molecule has 3 heteroatoms. The number of fused-ring (bicyclic) bond motifs is 1. The number of hydrogen-bond acceptors (Lipinski definition) is 3. The molecule has 1 aliphatic rings. The number of pyridine rings is 1. The van der Waals surface area contributed by atoms with Crippen LogP contribution in [0.1, 0.15) is 23.2 Å². The summed E-state index contributed by atoms with van der Waals surface area (Å²) >= 11 is 0. The molecule has 1 aromatic carbocycles. The third-order valence-electron chi connectivity index (χ3n) is 3.62. The Bertz CT molecular complexity index is 683. The predicted molar refractivity (Wildman–Crippen MR) is 80.9 cm³/mol. The SMILES string of the molecule is C#CCN(CC1CC1)c1nc2ccccc2cc1C=O. The summed E-state index contributed by atoms with van der Waals surface area (Å²) in [5.74, 6) is 4.07. The molecule has 0 aliphatic heterocycles. The van der Waals surface area contributed by atoms with E-state index in [-0.39, 0.29) is 0 Å². The van der Waals surface area contributed by atoms with Crippen molar-refractivity contribution in [3.8, 4) is 12.3 Å². The molecule has 0 saturated heterocycles. The van der Waals surface area contributed by atoms with Gasteiger partial charge in [-0.3, -0.25) is 4.79 Å². The lowest BCUT2D eigenvalue weighted by Gasteiger charge is -2.23. The summed E-state index contributed by atoms with van der Waals surface area (Å²) in [5, 5.41) is 0.977. The van der Waals surface area contributed by atoms with Crippen LogP contribution >= 0.6 is 0 Å². The average molecular weight is 264 g/mol. The standard InChI is InChI=1S/C17H16N2O/c1-2-9-19(11-13-7-8-13)17-15(12-20)10-14-5-3-4-6-16(14)18-17/h1,3-6,10,12-13H,7-9,11H2. The number of aromatic nitrogens is 1. The summed E-state index contributed by atoms with van der Waals surface area (Å²) in [6.07, 6.45) is 8.81. The quantitative estimate of drug-likeness (QED) is 0.615. The van der Waals surface area contributed by atoms with Crippen molar-refractivity contribution in [1.82, 2.24) is 4.98 Å². The smallest absolute Gasteiger partial charge is 0.153 e. The third-order valence-corrected chi connectivity index (χ3v) is 3.62. The van der Waals surface area contributed by atoms with Crippen LogP contribution in [0.3, 0.4) is 0 Å². The summed E-state index contributed by atoms with van der Waals surface area (Å²) in [6, 6.07) is 9.71. The molecule has 2 aromatic rings. The van der Waals surface area contributed by atoms with E-state index in [1.807, 2.05) is 35.2 Å². The Kier molecular flexibility index (Phi) is 3.39. The first-order valence-electron chi connectivity index (χ1n) is 6.85. The number of carbonyl (C=O) groups excluding carboxylic acids is 1. The number of anilines is 1. The molecule has 0 radical (unpaired) electrons. The molecule has 100 valence electrons. The van der Waals surface area contributed by atoms with E-state index in [1.54, 1.807) is 0 Å². The second kappa shape index (κ2) is 5.34. The molecule has 0 N–H and O–H groups in total. The van der Waals surface area contributed by atoms with Gasteiger partial charge < -0.3 is 4.90 Å². The van der Waals surface area contributed by atoms with Gasteiger partial charge in [-0.15, -0.1) is 6.42 Å². The second-order valence-electron chi connectivity index (χ2n) is 5.24. The van der Waals surface area contributed by atoms with E-state index < -0.39 is 0 Å². The van der Waals surface area contributed by atoms with Gasteiger partial charge in [0.05, 0.1) is 17.6 Å². The Balaban J connectivity index is 2.06. The Morgan fingerprint density at radius 3 is 2.90 bits per heavy atom. The fourth-order valence-corrected chi connectivity index (χ4v) is 2.41. The molecule has 3 rings (SSSR count). The highest BCUT2D eigenvalue weighted by molar-refractivity contribution is 5.91. The summed E-state index contributed by atoms with van der Waals surface area (Å²) in [4.78, 5) is 18.1. The molecule has 1 aliphatic carbocycles. The number of benzene rings is 1. The molecule has 0 atom stereocenters. The van der Waals surface area contributed by atoms with Crippen LogP contribution in [0.25, 0.3) is 10.9 Å². The maximum absolute atomic E-state index is 11.4. The zero-order valence-electron chi connectivity index (χ0n) is 11.2. The minimum atomic E-state index is 0.489. The lowest BCUT2D eigenvalue weighted by atomic mass is 10.1. The second-order valence-corrected chi connectivity index (χ2v) is 5.24. The first-order valence-corrected chi connectivity index (χ1v) is 6.85. The van der Waals surface area contributed by atoms with Gasteiger partial charge in [-0.05, 0) is 30.9 Å². The molecule has 3 nitrogen and oxygen atoms in total. The van der Waals surface area contributed by atoms with Crippen LogP contribution in [-0.2, 0) is 0 Å². The predicted octanol–water partition coefficient (Wildman–Crippen LogP) is 2.90. The first-order chi connectivity index (χ1) is 9.81. The highest BCUT2D eigenvalue weighted by Crippen LogP contribution is 2.32. The number of nitrogens with zero attached hydrogens (tertiary/aromatic N) is 2. The summed E-state index contributed by atoms with van der Waals surface area (Å²) < 4.78 is 0. The van der Waals surface area contributed by atoms with E-state index in [9.17, 15) is 4.79 Å². The van der Waals surface area contributed by atoms with Gasteiger partial charge in [0.25, 0.3) is 0 Å². The number of para-hydroxylation sites is 1. The van der Waals surface area contributed by atoms with Gasteiger partial charge >= 0.3 is 0 Å². The van der Waals surface area contributed by atoms with Crippen LogP contribution in [0.2, 0.25) is 0 Å². The molecule has 0 amide bonds. The molecule has 1 heterocycles. The zero-order chi connectivity index (χ0) is 13.9. The fraction of sp³-hybridized carbons (Fsp3) is 0.294.